The third kappa shape index (κ3) is 5.25. The predicted molar refractivity (Wildman–Crippen MR) is 89.5 cm³/mol. The van der Waals surface area contributed by atoms with Crippen molar-refractivity contribution in [2.75, 3.05) is 31.6 Å². The molecule has 0 unspecified atom stereocenters. The van der Waals surface area contributed by atoms with Crippen molar-refractivity contribution < 1.29 is 14.3 Å². The number of piperidine rings is 1. The normalized spacial score (nSPS) is 15.3. The first-order valence-corrected chi connectivity index (χ1v) is 8.06. The quantitative estimate of drug-likeness (QED) is 0.623. The number of anilines is 1. The van der Waals surface area contributed by atoms with E-state index in [9.17, 15) is 9.59 Å². The summed E-state index contributed by atoms with van der Waals surface area (Å²) in [6.07, 6.45) is 1.48. The summed E-state index contributed by atoms with van der Waals surface area (Å²) in [4.78, 5) is 26.0. The molecule has 0 radical (unpaired) electrons. The molecule has 1 fully saturated rings. The number of nitrogens with one attached hydrogen (secondary N) is 2. The zero-order chi connectivity index (χ0) is 17.4. The molecule has 0 saturated carbocycles. The maximum Gasteiger partial charge on any atom is 0.313 e. The van der Waals surface area contributed by atoms with E-state index >= 15 is 0 Å². The van der Waals surface area contributed by atoms with Gasteiger partial charge in [-0.1, -0.05) is 0 Å². The van der Waals surface area contributed by atoms with Gasteiger partial charge in [-0.3, -0.25) is 14.5 Å². The Balaban J connectivity index is 1.78. The largest absolute Gasteiger partial charge is 0.494 e. The van der Waals surface area contributed by atoms with Gasteiger partial charge in [0.05, 0.1) is 19.2 Å². The number of hydrogen-bond donors (Lipinski definition) is 2. The highest BCUT2D eigenvalue weighted by Crippen LogP contribution is 2.15. The molecule has 0 bridgehead atoms. The molecular weight excluding hydrogens is 308 g/mol. The molecule has 2 N–H and O–H groups in total. The van der Waals surface area contributed by atoms with Gasteiger partial charge in [-0.15, -0.1) is 0 Å². The smallest absolute Gasteiger partial charge is 0.313 e. The zero-order valence-electron chi connectivity index (χ0n) is 13.7. The van der Waals surface area contributed by atoms with Gasteiger partial charge in [0.1, 0.15) is 5.75 Å². The van der Waals surface area contributed by atoms with Crippen LogP contribution in [0.25, 0.3) is 0 Å². The highest BCUT2D eigenvalue weighted by Gasteiger charge is 2.23. The van der Waals surface area contributed by atoms with E-state index in [-0.39, 0.29) is 6.04 Å². The van der Waals surface area contributed by atoms with Gasteiger partial charge in [0, 0.05) is 24.8 Å². The molecule has 0 aromatic heterocycles. The van der Waals surface area contributed by atoms with Crippen LogP contribution in [0.1, 0.15) is 19.8 Å². The molecule has 7 heteroatoms. The molecule has 1 aliphatic heterocycles. The molecule has 0 spiro atoms. The SMILES string of the molecule is CCOc1ccc(NC(=O)C(=O)NC2CCN(CC#N)CC2)cc1. The Morgan fingerprint density at radius 2 is 1.92 bits per heavy atom. The second-order valence-electron chi connectivity index (χ2n) is 5.59. The number of benzene rings is 1. The molecule has 1 heterocycles. The molecular formula is C17H22N4O3. The average molecular weight is 330 g/mol. The number of nitrogens with zero attached hydrogens (tertiary/aromatic N) is 2. The van der Waals surface area contributed by atoms with Crippen molar-refractivity contribution in [1.82, 2.24) is 10.2 Å². The molecule has 1 aromatic rings. The maximum absolute atomic E-state index is 12.0. The lowest BCUT2D eigenvalue weighted by atomic mass is 10.1. The Hall–Kier alpha value is -2.59. The van der Waals surface area contributed by atoms with Gasteiger partial charge < -0.3 is 15.4 Å². The van der Waals surface area contributed by atoms with E-state index in [4.69, 9.17) is 10.00 Å². The van der Waals surface area contributed by atoms with Crippen LogP contribution in [0.3, 0.4) is 0 Å². The third-order valence-corrected chi connectivity index (χ3v) is 3.85. The van der Waals surface area contributed by atoms with Crippen LogP contribution in [0.2, 0.25) is 0 Å². The highest BCUT2D eigenvalue weighted by atomic mass is 16.5. The Bertz CT molecular complexity index is 601. The van der Waals surface area contributed by atoms with Gasteiger partial charge in [-0.05, 0) is 44.0 Å². The van der Waals surface area contributed by atoms with Crippen molar-refractivity contribution in [2.24, 2.45) is 0 Å². The fourth-order valence-corrected chi connectivity index (χ4v) is 2.58. The van der Waals surface area contributed by atoms with Gasteiger partial charge in [-0.25, -0.2) is 0 Å². The standard InChI is InChI=1S/C17H22N4O3/c1-2-24-15-5-3-13(4-6-15)19-16(22)17(23)20-14-7-10-21(11-8-14)12-9-18/h3-6,14H,2,7-8,10-12H2,1H3,(H,19,22)(H,20,23). The molecule has 1 aromatic carbocycles. The van der Waals surface area contributed by atoms with E-state index in [1.165, 1.54) is 0 Å². The highest BCUT2D eigenvalue weighted by molar-refractivity contribution is 6.39. The number of likely N-dealkylation sites (tertiary alicyclic amines) is 1. The van der Waals surface area contributed by atoms with E-state index < -0.39 is 11.8 Å². The summed E-state index contributed by atoms with van der Waals surface area (Å²) in [6, 6.07) is 8.94. The minimum Gasteiger partial charge on any atom is -0.494 e. The summed E-state index contributed by atoms with van der Waals surface area (Å²) >= 11 is 0. The van der Waals surface area contributed by atoms with Gasteiger partial charge in [-0.2, -0.15) is 5.26 Å². The van der Waals surface area contributed by atoms with Crippen LogP contribution in [-0.2, 0) is 9.59 Å². The molecule has 128 valence electrons. The van der Waals surface area contributed by atoms with Gasteiger partial charge in [0.2, 0.25) is 0 Å². The number of carbonyl (C=O) groups excluding carboxylic acids is 2. The number of ether oxygens (including phenoxy) is 1. The van der Waals surface area contributed by atoms with Gasteiger partial charge in [0.25, 0.3) is 0 Å². The lowest BCUT2D eigenvalue weighted by molar-refractivity contribution is -0.136. The number of rotatable bonds is 5. The number of hydrogen-bond acceptors (Lipinski definition) is 5. The Morgan fingerprint density at radius 1 is 1.25 bits per heavy atom. The molecule has 2 amide bonds. The average Bonchev–Trinajstić information content (AvgIpc) is 2.59. The molecule has 1 saturated heterocycles. The minimum absolute atomic E-state index is 0.0291. The first kappa shape index (κ1) is 17.8. The number of carbonyl (C=O) groups is 2. The lowest BCUT2D eigenvalue weighted by Crippen LogP contribution is -2.47. The third-order valence-electron chi connectivity index (χ3n) is 3.85. The summed E-state index contributed by atoms with van der Waals surface area (Å²) in [5.41, 5.74) is 0.544. The Kier molecular flexibility index (Phi) is 6.58. The summed E-state index contributed by atoms with van der Waals surface area (Å²) in [5.74, 6) is -0.606. The van der Waals surface area contributed by atoms with Crippen LogP contribution in [0.5, 0.6) is 5.75 Å². The first-order valence-electron chi connectivity index (χ1n) is 8.06. The van der Waals surface area contributed by atoms with Crippen LogP contribution >= 0.6 is 0 Å². The molecule has 7 nitrogen and oxygen atoms in total. The molecule has 1 aliphatic rings. The van der Waals surface area contributed by atoms with E-state index in [2.05, 4.69) is 16.7 Å². The van der Waals surface area contributed by atoms with Gasteiger partial charge in [0.15, 0.2) is 0 Å². The second kappa shape index (κ2) is 8.89. The predicted octanol–water partition coefficient (Wildman–Crippen LogP) is 1.13. The fraction of sp³-hybridized carbons (Fsp3) is 0.471. The van der Waals surface area contributed by atoms with E-state index in [1.54, 1.807) is 24.3 Å². The van der Waals surface area contributed by atoms with E-state index in [1.807, 2.05) is 11.8 Å². The van der Waals surface area contributed by atoms with Gasteiger partial charge >= 0.3 is 11.8 Å². The number of amides is 2. The van der Waals surface area contributed by atoms with Crippen LogP contribution < -0.4 is 15.4 Å². The van der Waals surface area contributed by atoms with Crippen LogP contribution in [-0.4, -0.2) is 49.0 Å². The van der Waals surface area contributed by atoms with E-state index in [0.29, 0.717) is 24.6 Å². The molecule has 2 rings (SSSR count). The molecule has 24 heavy (non-hydrogen) atoms. The summed E-state index contributed by atoms with van der Waals surface area (Å²) < 4.78 is 5.32. The van der Waals surface area contributed by atoms with Crippen molar-refractivity contribution >= 4 is 17.5 Å². The maximum atomic E-state index is 12.0. The van der Waals surface area contributed by atoms with Crippen molar-refractivity contribution in [3.8, 4) is 11.8 Å². The fourth-order valence-electron chi connectivity index (χ4n) is 2.58. The molecule has 0 atom stereocenters. The van der Waals surface area contributed by atoms with Crippen molar-refractivity contribution in [2.45, 2.75) is 25.8 Å². The number of nitriles is 1. The van der Waals surface area contributed by atoms with E-state index in [0.717, 1.165) is 25.9 Å². The second-order valence-corrected chi connectivity index (χ2v) is 5.59. The zero-order valence-corrected chi connectivity index (χ0v) is 13.7. The topological polar surface area (TPSA) is 94.5 Å². The lowest BCUT2D eigenvalue weighted by Gasteiger charge is -2.30. The summed E-state index contributed by atoms with van der Waals surface area (Å²) in [5, 5.41) is 14.0. The van der Waals surface area contributed by atoms with Crippen molar-refractivity contribution in [3.63, 3.8) is 0 Å². The van der Waals surface area contributed by atoms with Crippen molar-refractivity contribution in [1.29, 1.82) is 5.26 Å². The Morgan fingerprint density at radius 3 is 2.50 bits per heavy atom. The minimum atomic E-state index is -0.682. The first-order chi connectivity index (χ1) is 11.6. The Labute approximate surface area is 141 Å². The molecule has 0 aliphatic carbocycles. The van der Waals surface area contributed by atoms with Crippen LogP contribution in [0.4, 0.5) is 5.69 Å². The monoisotopic (exact) mass is 330 g/mol. The van der Waals surface area contributed by atoms with Crippen molar-refractivity contribution in [3.05, 3.63) is 24.3 Å². The van der Waals surface area contributed by atoms with Crippen LogP contribution in [0.15, 0.2) is 24.3 Å². The summed E-state index contributed by atoms with van der Waals surface area (Å²) in [6.45, 7) is 4.36. The summed E-state index contributed by atoms with van der Waals surface area (Å²) in [7, 11) is 0. The van der Waals surface area contributed by atoms with Crippen LogP contribution in [0, 0.1) is 11.3 Å².